The fourth-order valence-electron chi connectivity index (χ4n) is 2.72. The van der Waals surface area contributed by atoms with Gasteiger partial charge in [-0.05, 0) is 18.7 Å². The van der Waals surface area contributed by atoms with E-state index in [0.29, 0.717) is 18.1 Å². The van der Waals surface area contributed by atoms with E-state index in [1.807, 2.05) is 12.1 Å². The Labute approximate surface area is 136 Å². The lowest BCUT2D eigenvalue weighted by Crippen LogP contribution is -2.46. The van der Waals surface area contributed by atoms with Gasteiger partial charge in [0.15, 0.2) is 0 Å². The number of nitrogens with one attached hydrogen (secondary N) is 1. The molecular weight excluding hydrogens is 293 g/mol. The van der Waals surface area contributed by atoms with E-state index in [1.54, 1.807) is 18.3 Å². The number of aromatic nitrogens is 2. The lowest BCUT2D eigenvalue weighted by Gasteiger charge is -2.34. The number of hydrogen-bond acceptors (Lipinski definition) is 5. The monoisotopic (exact) mass is 315 g/mol. The van der Waals surface area contributed by atoms with Gasteiger partial charge in [-0.3, -0.25) is 0 Å². The van der Waals surface area contributed by atoms with Crippen molar-refractivity contribution >= 4 is 11.8 Å². The van der Waals surface area contributed by atoms with Crippen LogP contribution in [0.5, 0.6) is 0 Å². The van der Waals surface area contributed by atoms with Crippen molar-refractivity contribution in [3.63, 3.8) is 0 Å². The van der Waals surface area contributed by atoms with Gasteiger partial charge in [-0.2, -0.15) is 4.98 Å². The quantitative estimate of drug-likeness (QED) is 0.918. The summed E-state index contributed by atoms with van der Waals surface area (Å²) in [6.07, 6.45) is 1.75. The highest BCUT2D eigenvalue weighted by Gasteiger charge is 2.17. The molecule has 1 N–H and O–H groups in total. The van der Waals surface area contributed by atoms with Crippen LogP contribution in [0.1, 0.15) is 12.5 Å². The molecule has 6 heteroatoms. The third-order valence-corrected chi connectivity index (χ3v) is 4.18. The molecule has 1 aromatic carbocycles. The predicted molar refractivity (Wildman–Crippen MR) is 90.1 cm³/mol. The van der Waals surface area contributed by atoms with Crippen LogP contribution in [0.2, 0.25) is 0 Å². The number of nitrogens with zero attached hydrogens (tertiary/aromatic N) is 4. The van der Waals surface area contributed by atoms with Crippen LogP contribution in [0.25, 0.3) is 0 Å². The lowest BCUT2D eigenvalue weighted by molar-refractivity contribution is 0.270. The van der Waals surface area contributed by atoms with E-state index in [2.05, 4.69) is 32.0 Å². The van der Waals surface area contributed by atoms with Crippen molar-refractivity contribution in [1.29, 1.82) is 0 Å². The van der Waals surface area contributed by atoms with Gasteiger partial charge >= 0.3 is 0 Å². The van der Waals surface area contributed by atoms with E-state index >= 15 is 0 Å². The summed E-state index contributed by atoms with van der Waals surface area (Å²) in [6.45, 7) is 7.70. The summed E-state index contributed by atoms with van der Waals surface area (Å²) < 4.78 is 13.6. The van der Waals surface area contributed by atoms with Crippen LogP contribution < -0.4 is 10.2 Å². The van der Waals surface area contributed by atoms with Crippen LogP contribution in [0.15, 0.2) is 36.5 Å². The maximum atomic E-state index is 13.6. The molecule has 1 fully saturated rings. The summed E-state index contributed by atoms with van der Waals surface area (Å²) in [5.74, 6) is 1.24. The SMILES string of the molecule is CCN1CCN(c2ccnc(NCc3ccccc3F)n2)CC1. The molecule has 3 rings (SSSR count). The van der Waals surface area contributed by atoms with Gasteiger partial charge in [0, 0.05) is 44.5 Å². The molecule has 1 aliphatic heterocycles. The maximum Gasteiger partial charge on any atom is 0.224 e. The first kappa shape index (κ1) is 15.7. The van der Waals surface area contributed by atoms with Gasteiger partial charge in [-0.25, -0.2) is 9.37 Å². The molecule has 0 atom stereocenters. The summed E-state index contributed by atoms with van der Waals surface area (Å²) in [7, 11) is 0. The van der Waals surface area contributed by atoms with Crippen molar-refractivity contribution in [3.8, 4) is 0 Å². The number of likely N-dealkylation sites (N-methyl/N-ethyl adjacent to an activating group) is 1. The Morgan fingerprint density at radius 1 is 1.13 bits per heavy atom. The Morgan fingerprint density at radius 2 is 1.91 bits per heavy atom. The first-order chi connectivity index (χ1) is 11.3. The van der Waals surface area contributed by atoms with Crippen LogP contribution in [0.3, 0.4) is 0 Å². The van der Waals surface area contributed by atoms with Crippen LogP contribution in [-0.4, -0.2) is 47.6 Å². The number of anilines is 2. The van der Waals surface area contributed by atoms with Crippen molar-refractivity contribution in [1.82, 2.24) is 14.9 Å². The average Bonchev–Trinajstić information content (AvgIpc) is 2.61. The molecule has 1 aromatic heterocycles. The molecule has 0 bridgehead atoms. The Kier molecular flexibility index (Phi) is 5.02. The molecule has 5 nitrogen and oxygen atoms in total. The van der Waals surface area contributed by atoms with E-state index in [4.69, 9.17) is 0 Å². The second-order valence-corrected chi connectivity index (χ2v) is 5.60. The van der Waals surface area contributed by atoms with Crippen LogP contribution >= 0.6 is 0 Å². The zero-order valence-electron chi connectivity index (χ0n) is 13.4. The number of benzene rings is 1. The molecule has 1 aliphatic rings. The Hall–Kier alpha value is -2.21. The predicted octanol–water partition coefficient (Wildman–Crippen LogP) is 2.37. The van der Waals surface area contributed by atoms with Gasteiger partial charge in [0.25, 0.3) is 0 Å². The summed E-state index contributed by atoms with van der Waals surface area (Å²) in [5, 5.41) is 3.10. The average molecular weight is 315 g/mol. The van der Waals surface area contributed by atoms with Gasteiger partial charge in [-0.15, -0.1) is 0 Å². The third-order valence-electron chi connectivity index (χ3n) is 4.18. The van der Waals surface area contributed by atoms with Gasteiger partial charge in [-0.1, -0.05) is 25.1 Å². The molecule has 0 saturated carbocycles. The minimum absolute atomic E-state index is 0.216. The Bertz CT molecular complexity index is 640. The molecule has 122 valence electrons. The van der Waals surface area contributed by atoms with E-state index < -0.39 is 0 Å². The van der Waals surface area contributed by atoms with Crippen molar-refractivity contribution in [2.75, 3.05) is 42.9 Å². The first-order valence-electron chi connectivity index (χ1n) is 8.04. The van der Waals surface area contributed by atoms with Crippen LogP contribution in [0.4, 0.5) is 16.2 Å². The molecule has 23 heavy (non-hydrogen) atoms. The number of piperazine rings is 1. The standard InChI is InChI=1S/C17H22FN5/c1-2-22-9-11-23(12-10-22)16-7-8-19-17(21-16)20-13-14-5-3-4-6-15(14)18/h3-8H,2,9-13H2,1H3,(H,19,20,21). The highest BCUT2D eigenvalue weighted by atomic mass is 19.1. The smallest absolute Gasteiger partial charge is 0.224 e. The summed E-state index contributed by atoms with van der Waals surface area (Å²) in [6, 6.07) is 8.66. The van der Waals surface area contributed by atoms with Crippen molar-refractivity contribution in [2.24, 2.45) is 0 Å². The molecule has 2 aromatic rings. The zero-order chi connectivity index (χ0) is 16.1. The molecule has 0 aliphatic carbocycles. The fourth-order valence-corrected chi connectivity index (χ4v) is 2.72. The van der Waals surface area contributed by atoms with Gasteiger partial charge in [0.1, 0.15) is 11.6 Å². The maximum absolute atomic E-state index is 13.6. The molecule has 1 saturated heterocycles. The lowest BCUT2D eigenvalue weighted by atomic mass is 10.2. The normalized spacial score (nSPS) is 15.7. The van der Waals surface area contributed by atoms with Crippen LogP contribution in [-0.2, 0) is 6.54 Å². The highest BCUT2D eigenvalue weighted by Crippen LogP contribution is 2.15. The highest BCUT2D eigenvalue weighted by molar-refractivity contribution is 5.43. The molecule has 0 radical (unpaired) electrons. The number of halogens is 1. The molecule has 2 heterocycles. The van der Waals surface area contributed by atoms with Gasteiger partial charge in [0.05, 0.1) is 0 Å². The molecule has 0 spiro atoms. The summed E-state index contributed by atoms with van der Waals surface area (Å²) in [5.41, 5.74) is 0.609. The van der Waals surface area contributed by atoms with E-state index in [-0.39, 0.29) is 5.82 Å². The van der Waals surface area contributed by atoms with Crippen molar-refractivity contribution in [2.45, 2.75) is 13.5 Å². The topological polar surface area (TPSA) is 44.3 Å². The summed E-state index contributed by atoms with van der Waals surface area (Å²) in [4.78, 5) is 13.5. The fraction of sp³-hybridized carbons (Fsp3) is 0.412. The summed E-state index contributed by atoms with van der Waals surface area (Å²) >= 11 is 0. The van der Waals surface area contributed by atoms with Gasteiger partial charge in [0.2, 0.25) is 5.95 Å². The minimum atomic E-state index is -0.216. The zero-order valence-corrected chi connectivity index (χ0v) is 13.4. The largest absolute Gasteiger partial charge is 0.354 e. The molecule has 0 unspecified atom stereocenters. The molecule has 0 amide bonds. The second kappa shape index (κ2) is 7.37. The van der Waals surface area contributed by atoms with E-state index in [0.717, 1.165) is 38.5 Å². The van der Waals surface area contributed by atoms with Crippen LogP contribution in [0, 0.1) is 5.82 Å². The minimum Gasteiger partial charge on any atom is -0.354 e. The number of hydrogen-bond donors (Lipinski definition) is 1. The molecular formula is C17H22FN5. The Morgan fingerprint density at radius 3 is 2.65 bits per heavy atom. The Balaban J connectivity index is 1.63. The third kappa shape index (κ3) is 3.96. The van der Waals surface area contributed by atoms with Gasteiger partial charge < -0.3 is 15.1 Å². The second-order valence-electron chi connectivity index (χ2n) is 5.60. The van der Waals surface area contributed by atoms with Crippen molar-refractivity contribution in [3.05, 3.63) is 47.9 Å². The number of rotatable bonds is 5. The van der Waals surface area contributed by atoms with E-state index in [9.17, 15) is 4.39 Å². The van der Waals surface area contributed by atoms with E-state index in [1.165, 1.54) is 6.07 Å². The first-order valence-corrected chi connectivity index (χ1v) is 8.04. The van der Waals surface area contributed by atoms with Crippen molar-refractivity contribution < 1.29 is 4.39 Å².